The molecule has 0 amide bonds. The van der Waals surface area contributed by atoms with Crippen LogP contribution in [0.15, 0.2) is 24.3 Å². The van der Waals surface area contributed by atoms with Gasteiger partial charge in [0.05, 0.1) is 5.69 Å². The highest BCUT2D eigenvalue weighted by Crippen LogP contribution is 2.37. The molecule has 2 aromatic rings. The topological polar surface area (TPSA) is 52.3 Å². The fourth-order valence-corrected chi connectivity index (χ4v) is 3.11. The summed E-state index contributed by atoms with van der Waals surface area (Å²) in [5, 5.41) is 0.693. The highest BCUT2D eigenvalue weighted by molar-refractivity contribution is 7.18. The van der Waals surface area contributed by atoms with E-state index in [1.54, 1.807) is 6.07 Å². The van der Waals surface area contributed by atoms with Gasteiger partial charge in [0.25, 0.3) is 0 Å². The van der Waals surface area contributed by atoms with Gasteiger partial charge in [-0.2, -0.15) is 0 Å². The van der Waals surface area contributed by atoms with Crippen molar-refractivity contribution >= 4 is 34.6 Å². The van der Waals surface area contributed by atoms with Crippen LogP contribution in [-0.2, 0) is 4.74 Å². The molecule has 3 nitrogen and oxygen atoms in total. The third kappa shape index (κ3) is 3.57. The summed E-state index contributed by atoms with van der Waals surface area (Å²) in [5.41, 5.74) is 7.80. The number of halogens is 1. The average Bonchev–Trinajstić information content (AvgIpc) is 2.72. The number of benzene rings is 1. The molecule has 0 aliphatic heterocycles. The highest BCUT2D eigenvalue weighted by atomic mass is 35.5. The molecular weight excluding hydrogens is 306 g/mol. The molecule has 0 radical (unpaired) electrons. The Morgan fingerprint density at radius 1 is 1.33 bits per heavy atom. The lowest BCUT2D eigenvalue weighted by Crippen LogP contribution is -2.23. The van der Waals surface area contributed by atoms with Crippen molar-refractivity contribution in [3.63, 3.8) is 0 Å². The second-order valence-electron chi connectivity index (χ2n) is 5.81. The van der Waals surface area contributed by atoms with Gasteiger partial charge in [-0.25, -0.2) is 4.79 Å². The summed E-state index contributed by atoms with van der Waals surface area (Å²) >= 11 is 7.47. The third-order valence-corrected chi connectivity index (χ3v) is 4.45. The fourth-order valence-electron chi connectivity index (χ4n) is 1.90. The van der Waals surface area contributed by atoms with Crippen LogP contribution >= 0.6 is 22.9 Å². The summed E-state index contributed by atoms with van der Waals surface area (Å²) in [6.45, 7) is 7.44. The maximum absolute atomic E-state index is 12.2. The monoisotopic (exact) mass is 323 g/mol. The smallest absolute Gasteiger partial charge is 0.350 e. The first-order chi connectivity index (χ1) is 9.69. The Hall–Kier alpha value is -1.52. The standard InChI is InChI=1S/C16H18ClNO2S/c1-9-10(6-5-7-11(9)17)13-8-12(18)14(21-13)15(19)20-16(2,3)4/h5-8H,18H2,1-4H3. The Bertz CT molecular complexity index is 686. The Kier molecular flexibility index (Phi) is 4.30. The zero-order valence-corrected chi connectivity index (χ0v) is 14.1. The summed E-state index contributed by atoms with van der Waals surface area (Å²) in [7, 11) is 0. The molecule has 0 atom stereocenters. The molecule has 0 bridgehead atoms. The van der Waals surface area contributed by atoms with Crippen LogP contribution < -0.4 is 5.73 Å². The van der Waals surface area contributed by atoms with Crippen molar-refractivity contribution in [3.8, 4) is 10.4 Å². The average molecular weight is 324 g/mol. The maximum Gasteiger partial charge on any atom is 0.350 e. The number of ether oxygens (including phenoxy) is 1. The zero-order chi connectivity index (χ0) is 15.8. The summed E-state index contributed by atoms with van der Waals surface area (Å²) in [6.07, 6.45) is 0. The van der Waals surface area contributed by atoms with E-state index < -0.39 is 11.6 Å². The number of carbonyl (C=O) groups excluding carboxylic acids is 1. The molecule has 1 aromatic heterocycles. The quantitative estimate of drug-likeness (QED) is 0.798. The largest absolute Gasteiger partial charge is 0.456 e. The van der Waals surface area contributed by atoms with E-state index in [1.165, 1.54) is 11.3 Å². The van der Waals surface area contributed by atoms with Crippen LogP contribution in [0.5, 0.6) is 0 Å². The Morgan fingerprint density at radius 3 is 2.62 bits per heavy atom. The molecule has 0 aliphatic carbocycles. The lowest BCUT2D eigenvalue weighted by atomic mass is 10.1. The van der Waals surface area contributed by atoms with Gasteiger partial charge >= 0.3 is 5.97 Å². The molecule has 0 aliphatic rings. The normalized spacial score (nSPS) is 11.5. The molecular formula is C16H18ClNO2S. The number of hydrogen-bond acceptors (Lipinski definition) is 4. The minimum Gasteiger partial charge on any atom is -0.456 e. The van der Waals surface area contributed by atoms with Crippen LogP contribution in [0.3, 0.4) is 0 Å². The van der Waals surface area contributed by atoms with E-state index >= 15 is 0 Å². The van der Waals surface area contributed by atoms with Gasteiger partial charge in [0.15, 0.2) is 0 Å². The van der Waals surface area contributed by atoms with E-state index in [9.17, 15) is 4.79 Å². The van der Waals surface area contributed by atoms with Crippen molar-refractivity contribution in [3.05, 3.63) is 39.7 Å². The molecule has 0 saturated heterocycles. The molecule has 5 heteroatoms. The second kappa shape index (κ2) is 5.70. The van der Waals surface area contributed by atoms with Gasteiger partial charge in [-0.05, 0) is 51.0 Å². The molecule has 0 spiro atoms. The van der Waals surface area contributed by atoms with Crippen molar-refractivity contribution in [2.75, 3.05) is 5.73 Å². The van der Waals surface area contributed by atoms with E-state index in [1.807, 2.05) is 45.9 Å². The summed E-state index contributed by atoms with van der Waals surface area (Å²) in [5.74, 6) is -0.393. The zero-order valence-electron chi connectivity index (χ0n) is 12.5. The fraction of sp³-hybridized carbons (Fsp3) is 0.312. The second-order valence-corrected chi connectivity index (χ2v) is 7.27. The van der Waals surface area contributed by atoms with Crippen molar-refractivity contribution < 1.29 is 9.53 Å². The molecule has 2 N–H and O–H groups in total. The van der Waals surface area contributed by atoms with Gasteiger partial charge in [0.2, 0.25) is 0 Å². The van der Waals surface area contributed by atoms with Gasteiger partial charge in [-0.15, -0.1) is 11.3 Å². The van der Waals surface area contributed by atoms with Crippen molar-refractivity contribution in [1.29, 1.82) is 0 Å². The van der Waals surface area contributed by atoms with E-state index in [4.69, 9.17) is 22.1 Å². The van der Waals surface area contributed by atoms with Gasteiger partial charge in [-0.1, -0.05) is 23.7 Å². The Labute approximate surface area is 133 Å². The number of esters is 1. The summed E-state index contributed by atoms with van der Waals surface area (Å²) in [4.78, 5) is 13.5. The van der Waals surface area contributed by atoms with Crippen LogP contribution in [-0.4, -0.2) is 11.6 Å². The molecule has 1 aromatic carbocycles. The number of anilines is 1. The lowest BCUT2D eigenvalue weighted by Gasteiger charge is -2.18. The van der Waals surface area contributed by atoms with Crippen molar-refractivity contribution in [2.24, 2.45) is 0 Å². The van der Waals surface area contributed by atoms with Crippen molar-refractivity contribution in [1.82, 2.24) is 0 Å². The van der Waals surface area contributed by atoms with E-state index in [0.29, 0.717) is 15.6 Å². The number of carbonyl (C=O) groups is 1. The minimum atomic E-state index is -0.542. The van der Waals surface area contributed by atoms with Gasteiger partial charge in [0, 0.05) is 9.90 Å². The number of rotatable bonds is 2. The summed E-state index contributed by atoms with van der Waals surface area (Å²) in [6, 6.07) is 7.48. The van der Waals surface area contributed by atoms with Crippen LogP contribution in [0.1, 0.15) is 36.0 Å². The minimum absolute atomic E-state index is 0.393. The first-order valence-corrected chi connectivity index (χ1v) is 7.76. The molecule has 112 valence electrons. The van der Waals surface area contributed by atoms with E-state index in [-0.39, 0.29) is 0 Å². The van der Waals surface area contributed by atoms with Crippen LogP contribution in [0.4, 0.5) is 5.69 Å². The number of nitrogens with two attached hydrogens (primary N) is 1. The SMILES string of the molecule is Cc1c(Cl)cccc1-c1cc(N)c(C(=O)OC(C)(C)C)s1. The third-order valence-electron chi connectivity index (χ3n) is 2.88. The lowest BCUT2D eigenvalue weighted by molar-refractivity contribution is 0.00764. The van der Waals surface area contributed by atoms with E-state index in [2.05, 4.69) is 0 Å². The molecule has 0 saturated carbocycles. The van der Waals surface area contributed by atoms with Crippen LogP contribution in [0.2, 0.25) is 5.02 Å². The first kappa shape index (κ1) is 15.9. The number of nitrogen functional groups attached to an aromatic ring is 1. The number of hydrogen-bond donors (Lipinski definition) is 1. The van der Waals surface area contributed by atoms with Crippen molar-refractivity contribution in [2.45, 2.75) is 33.3 Å². The Morgan fingerprint density at radius 2 is 2.00 bits per heavy atom. The van der Waals surface area contributed by atoms with Gasteiger partial charge in [-0.3, -0.25) is 0 Å². The predicted octanol–water partition coefficient (Wildman–Crippen LogP) is 4.91. The molecule has 0 unspecified atom stereocenters. The number of thiophene rings is 1. The van der Waals surface area contributed by atoms with Gasteiger partial charge < -0.3 is 10.5 Å². The van der Waals surface area contributed by atoms with Crippen LogP contribution in [0.25, 0.3) is 10.4 Å². The molecule has 0 fully saturated rings. The van der Waals surface area contributed by atoms with Crippen LogP contribution in [0, 0.1) is 6.92 Å². The van der Waals surface area contributed by atoms with Gasteiger partial charge in [0.1, 0.15) is 10.5 Å². The molecule has 21 heavy (non-hydrogen) atoms. The molecule has 1 heterocycles. The Balaban J connectivity index is 2.40. The molecule has 2 rings (SSSR count). The highest BCUT2D eigenvalue weighted by Gasteiger charge is 2.22. The maximum atomic E-state index is 12.2. The van der Waals surface area contributed by atoms with E-state index in [0.717, 1.165) is 16.0 Å². The summed E-state index contributed by atoms with van der Waals surface area (Å²) < 4.78 is 5.37. The first-order valence-electron chi connectivity index (χ1n) is 6.57. The predicted molar refractivity (Wildman–Crippen MR) is 89.1 cm³/mol.